The maximum atomic E-state index is 12.7. The van der Waals surface area contributed by atoms with Crippen molar-refractivity contribution in [3.05, 3.63) is 77.9 Å². The van der Waals surface area contributed by atoms with E-state index in [4.69, 9.17) is 9.47 Å². The Hall–Kier alpha value is -3.34. The predicted octanol–water partition coefficient (Wildman–Crippen LogP) is 4.74. The topological polar surface area (TPSA) is 64.6 Å². The smallest absolute Gasteiger partial charge is 0.329 e. The highest BCUT2D eigenvalue weighted by molar-refractivity contribution is 5.97. The molecule has 5 nitrogen and oxygen atoms in total. The number of carbonyl (C=O) groups excluding carboxylic acids is 2. The molecule has 3 aromatic rings. The molecule has 0 saturated heterocycles. The van der Waals surface area contributed by atoms with Crippen molar-refractivity contribution in [2.75, 3.05) is 6.61 Å². The van der Waals surface area contributed by atoms with Gasteiger partial charge in [-0.05, 0) is 53.4 Å². The summed E-state index contributed by atoms with van der Waals surface area (Å²) in [4.78, 5) is 25.4. The maximum absolute atomic E-state index is 12.7. The molecule has 5 heteroatoms. The zero-order chi connectivity index (χ0) is 21.5. The molecule has 3 rings (SSSR count). The third-order valence-electron chi connectivity index (χ3n) is 4.88. The number of ether oxygens (including phenoxy) is 2. The number of nitrogens with one attached hydrogen (secondary N) is 1. The van der Waals surface area contributed by atoms with Crippen molar-refractivity contribution in [2.45, 2.75) is 33.4 Å². The predicted molar refractivity (Wildman–Crippen MR) is 117 cm³/mol. The second-order valence-electron chi connectivity index (χ2n) is 7.40. The molecule has 0 bridgehead atoms. The first kappa shape index (κ1) is 21.4. The number of hydrogen-bond acceptors (Lipinski definition) is 4. The van der Waals surface area contributed by atoms with Crippen molar-refractivity contribution in [2.24, 2.45) is 5.92 Å². The van der Waals surface area contributed by atoms with E-state index in [9.17, 15) is 9.59 Å². The van der Waals surface area contributed by atoms with Gasteiger partial charge in [0.15, 0.2) is 0 Å². The molecule has 0 heterocycles. The number of esters is 1. The Bertz CT molecular complexity index is 1010. The summed E-state index contributed by atoms with van der Waals surface area (Å²) >= 11 is 0. The van der Waals surface area contributed by atoms with Crippen molar-refractivity contribution >= 4 is 22.6 Å². The molecule has 1 amide bonds. The lowest BCUT2D eigenvalue weighted by atomic mass is 10.0. The Balaban J connectivity index is 1.66. The lowest BCUT2D eigenvalue weighted by Crippen LogP contribution is -2.45. The molecule has 0 aromatic heterocycles. The largest absolute Gasteiger partial charge is 0.494 e. The first-order valence-corrected chi connectivity index (χ1v) is 10.2. The lowest BCUT2D eigenvalue weighted by Gasteiger charge is -2.21. The third-order valence-corrected chi connectivity index (χ3v) is 4.88. The number of amides is 1. The number of rotatable bonds is 8. The molecule has 0 unspecified atom stereocenters. The SMILES string of the molecule is CCOc1ccc(C(=O)N[C@H](C(=O)OCc2cccc3ccccc23)C(C)C)cc1. The maximum Gasteiger partial charge on any atom is 0.329 e. The minimum Gasteiger partial charge on any atom is -0.494 e. The average molecular weight is 405 g/mol. The first-order chi connectivity index (χ1) is 14.5. The fraction of sp³-hybridized carbons (Fsp3) is 0.280. The van der Waals surface area contributed by atoms with E-state index in [1.165, 1.54) is 0 Å². The molecule has 0 aliphatic carbocycles. The van der Waals surface area contributed by atoms with Gasteiger partial charge in [0.25, 0.3) is 5.91 Å². The Morgan fingerprint density at radius 1 is 0.933 bits per heavy atom. The molecular formula is C25H27NO4. The van der Waals surface area contributed by atoms with Gasteiger partial charge in [-0.25, -0.2) is 4.79 Å². The van der Waals surface area contributed by atoms with Crippen LogP contribution in [0.3, 0.4) is 0 Å². The molecule has 30 heavy (non-hydrogen) atoms. The van der Waals surface area contributed by atoms with Crippen molar-refractivity contribution in [3.8, 4) is 5.75 Å². The van der Waals surface area contributed by atoms with Gasteiger partial charge in [0.1, 0.15) is 18.4 Å². The summed E-state index contributed by atoms with van der Waals surface area (Å²) in [5, 5.41) is 4.94. The van der Waals surface area contributed by atoms with Crippen LogP contribution in [0.25, 0.3) is 10.8 Å². The fourth-order valence-corrected chi connectivity index (χ4v) is 3.25. The van der Waals surface area contributed by atoms with Crippen molar-refractivity contribution in [3.63, 3.8) is 0 Å². The van der Waals surface area contributed by atoms with E-state index >= 15 is 0 Å². The molecule has 0 fully saturated rings. The van der Waals surface area contributed by atoms with E-state index in [1.807, 2.05) is 63.2 Å². The van der Waals surface area contributed by atoms with Crippen LogP contribution in [-0.4, -0.2) is 24.5 Å². The second-order valence-corrected chi connectivity index (χ2v) is 7.40. The fourth-order valence-electron chi connectivity index (χ4n) is 3.25. The van der Waals surface area contributed by atoms with Crippen molar-refractivity contribution in [1.29, 1.82) is 0 Å². The molecule has 0 radical (unpaired) electrons. The van der Waals surface area contributed by atoms with Crippen LogP contribution in [0.5, 0.6) is 5.75 Å². The number of hydrogen-bond donors (Lipinski definition) is 1. The molecular weight excluding hydrogens is 378 g/mol. The highest BCUT2D eigenvalue weighted by Crippen LogP contribution is 2.20. The van der Waals surface area contributed by atoms with Crippen LogP contribution in [-0.2, 0) is 16.1 Å². The molecule has 0 saturated carbocycles. The summed E-state index contributed by atoms with van der Waals surface area (Å²) in [5.41, 5.74) is 1.40. The van der Waals surface area contributed by atoms with Crippen molar-refractivity contribution in [1.82, 2.24) is 5.32 Å². The minimum atomic E-state index is -0.737. The highest BCUT2D eigenvalue weighted by atomic mass is 16.5. The van der Waals surface area contributed by atoms with Gasteiger partial charge < -0.3 is 14.8 Å². The van der Waals surface area contributed by atoms with E-state index in [1.54, 1.807) is 24.3 Å². The highest BCUT2D eigenvalue weighted by Gasteiger charge is 2.26. The summed E-state index contributed by atoms with van der Waals surface area (Å²) in [6.45, 7) is 6.37. The van der Waals surface area contributed by atoms with E-state index in [0.29, 0.717) is 17.9 Å². The van der Waals surface area contributed by atoms with E-state index in [0.717, 1.165) is 16.3 Å². The molecule has 3 aromatic carbocycles. The Kier molecular flexibility index (Phi) is 7.07. The number of carbonyl (C=O) groups is 2. The summed E-state index contributed by atoms with van der Waals surface area (Å²) in [6, 6.07) is 20.0. The number of benzene rings is 3. The van der Waals surface area contributed by atoms with Gasteiger partial charge in [-0.1, -0.05) is 56.3 Å². The molecule has 1 N–H and O–H groups in total. The summed E-state index contributed by atoms with van der Waals surface area (Å²) in [5.74, 6) is -0.184. The van der Waals surface area contributed by atoms with Crippen LogP contribution in [0.2, 0.25) is 0 Å². The molecule has 0 aliphatic rings. The van der Waals surface area contributed by atoms with Gasteiger partial charge in [0.2, 0.25) is 0 Å². The monoisotopic (exact) mass is 405 g/mol. The summed E-state index contributed by atoms with van der Waals surface area (Å²) in [7, 11) is 0. The van der Waals surface area contributed by atoms with Crippen LogP contribution in [0.1, 0.15) is 36.7 Å². The Morgan fingerprint density at radius 2 is 1.63 bits per heavy atom. The van der Waals surface area contributed by atoms with Gasteiger partial charge in [-0.15, -0.1) is 0 Å². The third kappa shape index (κ3) is 5.17. The second kappa shape index (κ2) is 9.92. The Morgan fingerprint density at radius 3 is 2.33 bits per heavy atom. The van der Waals surface area contributed by atoms with Gasteiger partial charge in [-0.3, -0.25) is 4.79 Å². The van der Waals surface area contributed by atoms with Crippen LogP contribution in [0.4, 0.5) is 0 Å². The molecule has 1 atom stereocenters. The standard InChI is InChI=1S/C25H27NO4/c1-4-29-21-14-12-19(13-15-21)24(27)26-23(17(2)3)25(28)30-16-20-10-7-9-18-8-5-6-11-22(18)20/h5-15,17,23H,4,16H2,1-3H3,(H,26,27)/t23-/m0/s1. The van der Waals surface area contributed by atoms with Gasteiger partial charge >= 0.3 is 5.97 Å². The van der Waals surface area contributed by atoms with Crippen LogP contribution < -0.4 is 10.1 Å². The molecule has 156 valence electrons. The normalized spacial score (nSPS) is 11.9. The van der Waals surface area contributed by atoms with Gasteiger partial charge in [-0.2, -0.15) is 0 Å². The number of fused-ring (bicyclic) bond motifs is 1. The average Bonchev–Trinajstić information content (AvgIpc) is 2.76. The summed E-state index contributed by atoms with van der Waals surface area (Å²) in [6.07, 6.45) is 0. The summed E-state index contributed by atoms with van der Waals surface area (Å²) < 4.78 is 11.0. The zero-order valence-electron chi connectivity index (χ0n) is 17.6. The zero-order valence-corrected chi connectivity index (χ0v) is 17.6. The first-order valence-electron chi connectivity index (χ1n) is 10.2. The molecule has 0 spiro atoms. The van der Waals surface area contributed by atoms with Crippen LogP contribution >= 0.6 is 0 Å². The minimum absolute atomic E-state index is 0.114. The van der Waals surface area contributed by atoms with Crippen LogP contribution in [0.15, 0.2) is 66.7 Å². The van der Waals surface area contributed by atoms with E-state index < -0.39 is 12.0 Å². The van der Waals surface area contributed by atoms with Gasteiger partial charge in [0, 0.05) is 5.56 Å². The molecule has 0 aliphatic heterocycles. The quantitative estimate of drug-likeness (QED) is 0.550. The van der Waals surface area contributed by atoms with Crippen molar-refractivity contribution < 1.29 is 19.1 Å². The Labute approximate surface area is 177 Å². The van der Waals surface area contributed by atoms with E-state index in [-0.39, 0.29) is 18.4 Å². The van der Waals surface area contributed by atoms with Gasteiger partial charge in [0.05, 0.1) is 6.61 Å². The lowest BCUT2D eigenvalue weighted by molar-refractivity contribution is -0.148. The van der Waals surface area contributed by atoms with E-state index in [2.05, 4.69) is 5.32 Å². The van der Waals surface area contributed by atoms with Crippen LogP contribution in [0, 0.1) is 5.92 Å².